The highest BCUT2D eigenvalue weighted by Crippen LogP contribution is 2.35. The second-order valence-corrected chi connectivity index (χ2v) is 9.00. The zero-order valence-electron chi connectivity index (χ0n) is 17.3. The van der Waals surface area contributed by atoms with Gasteiger partial charge in [-0.1, -0.05) is 12.1 Å². The Kier molecular flexibility index (Phi) is 5.15. The molecule has 0 radical (unpaired) electrons. The summed E-state index contributed by atoms with van der Waals surface area (Å²) < 4.78 is 6.11. The van der Waals surface area contributed by atoms with Crippen LogP contribution >= 0.6 is 11.8 Å². The number of anilines is 2. The van der Waals surface area contributed by atoms with Crippen LogP contribution in [0.4, 0.5) is 11.8 Å². The topological polar surface area (TPSA) is 106 Å². The minimum absolute atomic E-state index is 0.119. The summed E-state index contributed by atoms with van der Waals surface area (Å²) in [5.74, 6) is 2.99. The number of amides is 1. The Balaban J connectivity index is 1.51. The number of rotatable bonds is 3. The molecule has 2 aliphatic heterocycles. The van der Waals surface area contributed by atoms with E-state index < -0.39 is 0 Å². The number of morpholine rings is 1. The van der Waals surface area contributed by atoms with Crippen LogP contribution in [0.25, 0.3) is 22.3 Å². The summed E-state index contributed by atoms with van der Waals surface area (Å²) in [6.07, 6.45) is 1.04. The average Bonchev–Trinajstić information content (AvgIpc) is 3.25. The van der Waals surface area contributed by atoms with Crippen molar-refractivity contribution in [1.29, 1.82) is 0 Å². The first kappa shape index (κ1) is 20.0. The third-order valence-corrected chi connectivity index (χ3v) is 7.05. The summed E-state index contributed by atoms with van der Waals surface area (Å²) in [5.41, 5.74) is 8.86. The minimum atomic E-state index is -0.136. The van der Waals surface area contributed by atoms with Gasteiger partial charge in [0.15, 0.2) is 5.65 Å². The van der Waals surface area contributed by atoms with E-state index in [2.05, 4.69) is 15.2 Å². The van der Waals surface area contributed by atoms with Gasteiger partial charge in [0.05, 0.1) is 29.8 Å². The van der Waals surface area contributed by atoms with Crippen molar-refractivity contribution < 1.29 is 9.53 Å². The van der Waals surface area contributed by atoms with E-state index in [9.17, 15) is 4.79 Å². The Hall–Kier alpha value is -2.91. The standard InChI is InChI=1S/C22H24N6O2S/c1-24-20(29)15-4-2-3-14(11-15)17-6-5-16-18(23)26-21(27-19(16)25-17)28-8-9-30-22(12-28)7-10-31-13-22/h2-6,11H,7-10,12-13H2,1H3,(H,24,29)(H2,23,25,26,27). The van der Waals surface area contributed by atoms with Crippen LogP contribution in [-0.4, -0.2) is 64.7 Å². The smallest absolute Gasteiger partial charge is 0.251 e. The van der Waals surface area contributed by atoms with E-state index >= 15 is 0 Å². The number of fused-ring (bicyclic) bond motifs is 1. The highest BCUT2D eigenvalue weighted by Gasteiger charge is 2.40. The quantitative estimate of drug-likeness (QED) is 0.644. The normalized spacial score (nSPS) is 21.0. The Morgan fingerprint density at radius 3 is 2.97 bits per heavy atom. The first-order valence-electron chi connectivity index (χ1n) is 10.3. The highest BCUT2D eigenvalue weighted by molar-refractivity contribution is 7.99. The number of pyridine rings is 1. The number of hydrogen-bond donors (Lipinski definition) is 2. The van der Waals surface area contributed by atoms with Crippen LogP contribution < -0.4 is 16.0 Å². The number of carbonyl (C=O) groups excluding carboxylic acids is 1. The molecule has 1 amide bonds. The number of nitrogen functional groups attached to an aromatic ring is 1. The van der Waals surface area contributed by atoms with Gasteiger partial charge in [-0.05, 0) is 36.4 Å². The molecule has 2 aliphatic rings. The fourth-order valence-electron chi connectivity index (χ4n) is 4.13. The maximum absolute atomic E-state index is 12.0. The Bertz CT molecular complexity index is 1150. The van der Waals surface area contributed by atoms with Crippen LogP contribution in [0.3, 0.4) is 0 Å². The van der Waals surface area contributed by atoms with Gasteiger partial charge in [-0.25, -0.2) is 4.98 Å². The summed E-state index contributed by atoms with van der Waals surface area (Å²) in [4.78, 5) is 28.2. The third-order valence-electron chi connectivity index (χ3n) is 5.82. The lowest BCUT2D eigenvalue weighted by Gasteiger charge is -2.40. The van der Waals surface area contributed by atoms with Crippen molar-refractivity contribution in [2.24, 2.45) is 0 Å². The van der Waals surface area contributed by atoms with E-state index in [1.807, 2.05) is 42.1 Å². The second-order valence-electron chi connectivity index (χ2n) is 7.89. The van der Waals surface area contributed by atoms with Crippen molar-refractivity contribution in [2.45, 2.75) is 12.0 Å². The maximum atomic E-state index is 12.0. The number of carbonyl (C=O) groups is 1. The Morgan fingerprint density at radius 2 is 2.16 bits per heavy atom. The molecule has 9 heteroatoms. The highest BCUT2D eigenvalue weighted by atomic mass is 32.2. The predicted octanol–water partition coefficient (Wildman–Crippen LogP) is 2.35. The van der Waals surface area contributed by atoms with E-state index in [0.29, 0.717) is 35.0 Å². The molecular weight excluding hydrogens is 412 g/mol. The zero-order chi connectivity index (χ0) is 21.4. The second kappa shape index (κ2) is 7.97. The van der Waals surface area contributed by atoms with Crippen molar-refractivity contribution in [3.8, 4) is 11.3 Å². The van der Waals surface area contributed by atoms with Crippen LogP contribution in [0.5, 0.6) is 0 Å². The molecule has 0 saturated carbocycles. The molecule has 3 aromatic rings. The zero-order valence-corrected chi connectivity index (χ0v) is 18.1. The van der Waals surface area contributed by atoms with Gasteiger partial charge in [-0.15, -0.1) is 0 Å². The molecule has 31 heavy (non-hydrogen) atoms. The minimum Gasteiger partial charge on any atom is -0.383 e. The monoisotopic (exact) mass is 436 g/mol. The van der Waals surface area contributed by atoms with Crippen molar-refractivity contribution in [3.63, 3.8) is 0 Å². The van der Waals surface area contributed by atoms with Crippen molar-refractivity contribution in [2.75, 3.05) is 48.9 Å². The number of ether oxygens (including phenoxy) is 1. The first-order chi connectivity index (χ1) is 15.1. The number of hydrogen-bond acceptors (Lipinski definition) is 8. The maximum Gasteiger partial charge on any atom is 0.251 e. The molecule has 3 N–H and O–H groups in total. The van der Waals surface area contributed by atoms with Gasteiger partial charge in [0.1, 0.15) is 5.82 Å². The van der Waals surface area contributed by atoms with Gasteiger partial charge in [-0.2, -0.15) is 21.7 Å². The number of aromatic nitrogens is 3. The van der Waals surface area contributed by atoms with Crippen LogP contribution in [0.1, 0.15) is 16.8 Å². The summed E-state index contributed by atoms with van der Waals surface area (Å²) in [5, 5.41) is 3.36. The van der Waals surface area contributed by atoms with Gasteiger partial charge in [0.2, 0.25) is 5.95 Å². The van der Waals surface area contributed by atoms with Crippen molar-refractivity contribution in [1.82, 2.24) is 20.3 Å². The summed E-state index contributed by atoms with van der Waals surface area (Å²) in [6.45, 7) is 2.14. The molecule has 2 fully saturated rings. The lowest BCUT2D eigenvalue weighted by atomic mass is 10.0. The van der Waals surface area contributed by atoms with E-state index in [-0.39, 0.29) is 11.5 Å². The number of thioether (sulfide) groups is 1. The molecule has 2 saturated heterocycles. The first-order valence-corrected chi connectivity index (χ1v) is 11.5. The van der Waals surface area contributed by atoms with Crippen LogP contribution in [0, 0.1) is 0 Å². The third kappa shape index (κ3) is 3.79. The van der Waals surface area contributed by atoms with Crippen molar-refractivity contribution in [3.05, 3.63) is 42.0 Å². The lowest BCUT2D eigenvalue weighted by molar-refractivity contribution is -0.0360. The summed E-state index contributed by atoms with van der Waals surface area (Å²) in [6, 6.07) is 11.1. The van der Waals surface area contributed by atoms with Gasteiger partial charge in [-0.3, -0.25) is 4.79 Å². The van der Waals surface area contributed by atoms with Crippen LogP contribution in [-0.2, 0) is 4.74 Å². The molecule has 8 nitrogen and oxygen atoms in total. The van der Waals surface area contributed by atoms with Crippen LogP contribution in [0.2, 0.25) is 0 Å². The lowest BCUT2D eigenvalue weighted by Crippen LogP contribution is -2.52. The van der Waals surface area contributed by atoms with E-state index in [4.69, 9.17) is 20.4 Å². The van der Waals surface area contributed by atoms with Gasteiger partial charge in [0, 0.05) is 30.5 Å². The number of benzene rings is 1. The number of nitrogens with two attached hydrogens (primary N) is 1. The molecule has 5 rings (SSSR count). The molecular formula is C22H24N6O2S. The van der Waals surface area contributed by atoms with Crippen LogP contribution in [0.15, 0.2) is 36.4 Å². The summed E-state index contributed by atoms with van der Waals surface area (Å²) in [7, 11) is 1.62. The Morgan fingerprint density at radius 1 is 1.26 bits per heavy atom. The number of nitrogens with one attached hydrogen (secondary N) is 1. The molecule has 1 aromatic carbocycles. The molecule has 1 unspecified atom stereocenters. The summed E-state index contributed by atoms with van der Waals surface area (Å²) >= 11 is 1.93. The molecule has 2 aromatic heterocycles. The largest absolute Gasteiger partial charge is 0.383 e. The van der Waals surface area contributed by atoms with Gasteiger partial charge >= 0.3 is 0 Å². The van der Waals surface area contributed by atoms with Gasteiger partial charge in [0.25, 0.3) is 5.91 Å². The van der Waals surface area contributed by atoms with E-state index in [0.717, 1.165) is 42.3 Å². The molecule has 0 aliphatic carbocycles. The van der Waals surface area contributed by atoms with Gasteiger partial charge < -0.3 is 20.7 Å². The molecule has 0 bridgehead atoms. The van der Waals surface area contributed by atoms with Crippen molar-refractivity contribution >= 4 is 40.5 Å². The average molecular weight is 437 g/mol. The number of nitrogens with zero attached hydrogens (tertiary/aromatic N) is 4. The molecule has 1 spiro atoms. The fourth-order valence-corrected chi connectivity index (χ4v) is 5.48. The molecule has 160 valence electrons. The fraction of sp³-hybridized carbons (Fsp3) is 0.364. The van der Waals surface area contributed by atoms with E-state index in [1.165, 1.54) is 0 Å². The molecule has 1 atom stereocenters. The molecule has 4 heterocycles. The predicted molar refractivity (Wildman–Crippen MR) is 123 cm³/mol. The SMILES string of the molecule is CNC(=O)c1cccc(-c2ccc3c(N)nc(N4CCOC5(CCSC5)C4)nc3n2)c1. The Labute approximate surface area is 184 Å². The van der Waals surface area contributed by atoms with E-state index in [1.54, 1.807) is 13.1 Å².